The van der Waals surface area contributed by atoms with Crippen LogP contribution in [0.25, 0.3) is 22.3 Å². The van der Waals surface area contributed by atoms with Crippen LogP contribution in [0.4, 0.5) is 10.5 Å². The number of fused-ring (bicyclic) bond motifs is 9. The maximum Gasteiger partial charge on any atom is 0.415 e. The van der Waals surface area contributed by atoms with Gasteiger partial charge in [0.2, 0.25) is 0 Å². The Balaban J connectivity index is 0.674. The molecule has 3 unspecified atom stereocenters. The molecule has 418 valence electrons. The van der Waals surface area contributed by atoms with Crippen molar-refractivity contribution in [1.29, 1.82) is 0 Å². The number of aliphatic hydroxyl groups is 1. The fourth-order valence-electron chi connectivity index (χ4n) is 15.1. The number of aromatic nitrogens is 2. The molecular weight excluding hydrogens is 1000 g/mol. The Hall–Kier alpha value is -6.49. The fourth-order valence-corrected chi connectivity index (χ4v) is 15.1. The van der Waals surface area contributed by atoms with Crippen LogP contribution in [0.1, 0.15) is 138 Å². The summed E-state index contributed by atoms with van der Waals surface area (Å²) < 4.78 is 19.2. The lowest BCUT2D eigenvalue weighted by Crippen LogP contribution is -2.57. The molecule has 16 nitrogen and oxygen atoms in total. The fraction of sp³-hybridized carbons (Fsp3) is 0.540. The summed E-state index contributed by atoms with van der Waals surface area (Å²) in [5.74, 6) is 0.00779. The number of esters is 2. The maximum atomic E-state index is 13.8. The van der Waals surface area contributed by atoms with Crippen LogP contribution in [0.5, 0.6) is 5.75 Å². The third kappa shape index (κ3) is 9.52. The van der Waals surface area contributed by atoms with Crippen molar-refractivity contribution >= 4 is 46.2 Å². The molecule has 3 fully saturated rings. The number of hydrogen-bond donors (Lipinski definition) is 1. The van der Waals surface area contributed by atoms with Crippen molar-refractivity contribution in [2.75, 3.05) is 65.3 Å². The number of cyclic esters (lactones) is 1. The first kappa shape index (κ1) is 54.5. The molecule has 4 aromatic rings. The standard InChI is InChI=1S/C63H76N6O10/c1-8-62(76)52-33-54-57-42(35-69(54)58(73)50(52)37-77-59(62)74)32-47-49(36-65(5)6)55(22-21-53(47)64-57)78-60(75)68-29-27-67(28-30-68)26-12-10-9-11-25-66(7)43-16-13-40(14-17-43)48-34-61(4)51(23-24-63(61,38(2)70)79-39(3)71)46-19-15-41-31-44(72)18-20-45(41)56(46)48/h13-14,16-17,21-22,31-33,46,48,51,76H,8-12,15,18-20,23-30,34-37H2,1-7H3/t46?,48?,51-,61?,62-,63-/m0/s1. The van der Waals surface area contributed by atoms with Crippen LogP contribution in [-0.4, -0.2) is 125 Å². The number of rotatable bonds is 15. The summed E-state index contributed by atoms with van der Waals surface area (Å²) in [4.78, 5) is 92.6. The molecule has 0 bridgehead atoms. The van der Waals surface area contributed by atoms with Gasteiger partial charge in [-0.2, -0.15) is 0 Å². The summed E-state index contributed by atoms with van der Waals surface area (Å²) in [7, 11) is 6.07. The molecule has 5 heterocycles. The molecule has 3 aliphatic heterocycles. The van der Waals surface area contributed by atoms with Crippen molar-refractivity contribution in [3.63, 3.8) is 0 Å². The molecule has 6 atom stereocenters. The molecule has 1 N–H and O–H groups in total. The molecule has 1 saturated heterocycles. The van der Waals surface area contributed by atoms with Crippen molar-refractivity contribution in [2.45, 2.75) is 142 Å². The highest BCUT2D eigenvalue weighted by Gasteiger charge is 2.67. The zero-order chi connectivity index (χ0) is 55.7. The number of anilines is 1. The van der Waals surface area contributed by atoms with Crippen LogP contribution < -0.4 is 15.2 Å². The molecule has 11 rings (SSSR count). The molecule has 1 amide bonds. The van der Waals surface area contributed by atoms with E-state index in [1.165, 1.54) is 29.2 Å². The number of amides is 1. The second kappa shape index (κ2) is 21.2. The Bertz CT molecular complexity index is 3280. The Morgan fingerprint density at radius 3 is 2.39 bits per heavy atom. The van der Waals surface area contributed by atoms with Gasteiger partial charge in [0.15, 0.2) is 22.8 Å². The van der Waals surface area contributed by atoms with Crippen molar-refractivity contribution in [2.24, 2.45) is 17.3 Å². The van der Waals surface area contributed by atoms with Crippen molar-refractivity contribution in [3.8, 4) is 17.1 Å². The molecule has 2 aromatic carbocycles. The van der Waals surface area contributed by atoms with Gasteiger partial charge in [-0.05, 0) is 156 Å². The van der Waals surface area contributed by atoms with Crippen LogP contribution >= 0.6 is 0 Å². The average Bonchev–Trinajstić information content (AvgIpc) is 4.20. The minimum atomic E-state index is -1.91. The second-order valence-corrected chi connectivity index (χ2v) is 24.1. The number of nitrogens with zero attached hydrogens (tertiary/aromatic N) is 6. The Labute approximate surface area is 462 Å². The number of carbonyl (C=O) groups is 5. The largest absolute Gasteiger partial charge is 0.458 e. The SMILES string of the molecule is CC[C@@]1(O)C(=O)OCc2c1cc1n(c2=O)Cc2cc3c(CN(C)C)c(OC(=O)N4CCN(CCCCCCN(C)c5ccc(C6CC7(C)[C@@H](CC[C@]7(OC(C)=O)C(C)=O)C7CCC8=CC(=O)CCC8=C67)cc5)CC4)ccc3nc2-1. The first-order valence-corrected chi connectivity index (χ1v) is 28.8. The molecule has 79 heavy (non-hydrogen) atoms. The minimum absolute atomic E-state index is 0.0578. The van der Waals surface area contributed by atoms with Crippen LogP contribution in [0.15, 0.2) is 76.1 Å². The summed E-state index contributed by atoms with van der Waals surface area (Å²) in [6.07, 6.45) is 11.2. The first-order valence-electron chi connectivity index (χ1n) is 28.8. The van der Waals surface area contributed by atoms with Gasteiger partial charge < -0.3 is 38.6 Å². The summed E-state index contributed by atoms with van der Waals surface area (Å²) >= 11 is 0. The number of allylic oxidation sites excluding steroid dienone is 4. The van der Waals surface area contributed by atoms with Gasteiger partial charge >= 0.3 is 18.0 Å². The van der Waals surface area contributed by atoms with Gasteiger partial charge in [-0.15, -0.1) is 0 Å². The smallest absolute Gasteiger partial charge is 0.415 e. The third-order valence-corrected chi connectivity index (χ3v) is 19.3. The molecule has 2 saturated carbocycles. The van der Waals surface area contributed by atoms with Crippen molar-refractivity contribution < 1.29 is 43.3 Å². The van der Waals surface area contributed by atoms with Gasteiger partial charge in [0.05, 0.1) is 29.0 Å². The van der Waals surface area contributed by atoms with Gasteiger partial charge in [0, 0.05) is 98.8 Å². The molecule has 16 heteroatoms. The minimum Gasteiger partial charge on any atom is -0.458 e. The number of carbonyl (C=O) groups excluding carboxylic acids is 5. The summed E-state index contributed by atoms with van der Waals surface area (Å²) in [6.45, 7) is 12.1. The maximum absolute atomic E-state index is 13.8. The normalized spacial score (nSPS) is 26.2. The lowest BCUT2D eigenvalue weighted by Gasteiger charge is -2.55. The lowest BCUT2D eigenvalue weighted by molar-refractivity contribution is -0.182. The Morgan fingerprint density at radius 2 is 1.67 bits per heavy atom. The molecular formula is C63H76N6O10. The third-order valence-electron chi connectivity index (χ3n) is 19.3. The summed E-state index contributed by atoms with van der Waals surface area (Å²) in [5, 5.41) is 12.1. The molecule has 4 aliphatic carbocycles. The van der Waals surface area contributed by atoms with E-state index in [1.54, 1.807) is 35.4 Å². The quantitative estimate of drug-likeness (QED) is 0.0776. The van der Waals surface area contributed by atoms with E-state index in [-0.39, 0.29) is 71.7 Å². The Morgan fingerprint density at radius 1 is 0.911 bits per heavy atom. The van der Waals surface area contributed by atoms with E-state index in [9.17, 15) is 33.9 Å². The zero-order valence-electron chi connectivity index (χ0n) is 47.1. The first-order chi connectivity index (χ1) is 37.8. The zero-order valence-corrected chi connectivity index (χ0v) is 47.1. The summed E-state index contributed by atoms with van der Waals surface area (Å²) in [6, 6.07) is 16.3. The molecule has 2 aromatic heterocycles. The van der Waals surface area contributed by atoms with Gasteiger partial charge in [-0.1, -0.05) is 44.4 Å². The van der Waals surface area contributed by atoms with Gasteiger partial charge in [-0.25, -0.2) is 14.6 Å². The second-order valence-electron chi connectivity index (χ2n) is 24.1. The van der Waals surface area contributed by atoms with Gasteiger partial charge in [0.25, 0.3) is 5.56 Å². The number of ether oxygens (including phenoxy) is 3. The Kier molecular flexibility index (Phi) is 14.6. The molecule has 7 aliphatic rings. The van der Waals surface area contributed by atoms with Gasteiger partial charge in [0.1, 0.15) is 12.4 Å². The number of Topliss-reactive ketones (excluding diaryl/α,β-unsaturated/α-hetero) is 1. The predicted molar refractivity (Wildman–Crippen MR) is 300 cm³/mol. The topological polar surface area (TPSA) is 181 Å². The van der Waals surface area contributed by atoms with E-state index in [0.29, 0.717) is 61.6 Å². The van der Waals surface area contributed by atoms with Crippen LogP contribution in [-0.2, 0) is 53.9 Å². The number of benzene rings is 2. The predicted octanol–water partition coefficient (Wildman–Crippen LogP) is 8.74. The van der Waals surface area contributed by atoms with E-state index in [0.717, 1.165) is 99.7 Å². The van der Waals surface area contributed by atoms with Gasteiger partial charge in [-0.3, -0.25) is 24.1 Å². The average molecular weight is 1080 g/mol. The van der Waals surface area contributed by atoms with Crippen LogP contribution in [0.3, 0.4) is 0 Å². The van der Waals surface area contributed by atoms with Crippen LogP contribution in [0, 0.1) is 17.3 Å². The molecule has 0 radical (unpaired) electrons. The van der Waals surface area contributed by atoms with Crippen molar-refractivity contribution in [3.05, 3.63) is 109 Å². The number of ketones is 2. The van der Waals surface area contributed by atoms with Crippen LogP contribution in [0.2, 0.25) is 0 Å². The lowest BCUT2D eigenvalue weighted by atomic mass is 9.50. The van der Waals surface area contributed by atoms with E-state index < -0.39 is 28.6 Å². The summed E-state index contributed by atoms with van der Waals surface area (Å²) in [5.41, 5.74) is 6.52. The number of hydrogen-bond acceptors (Lipinski definition) is 14. The molecule has 0 spiro atoms. The van der Waals surface area contributed by atoms with E-state index in [2.05, 4.69) is 48.0 Å². The monoisotopic (exact) mass is 1080 g/mol. The number of pyridine rings is 2. The van der Waals surface area contributed by atoms with E-state index in [4.69, 9.17) is 19.2 Å². The van der Waals surface area contributed by atoms with E-state index in [1.807, 2.05) is 37.2 Å². The highest BCUT2D eigenvalue weighted by Crippen LogP contribution is 2.68. The highest BCUT2D eigenvalue weighted by atomic mass is 16.6. The number of piperazine rings is 1. The van der Waals surface area contributed by atoms with Crippen molar-refractivity contribution in [1.82, 2.24) is 24.3 Å². The number of unbranched alkanes of at least 4 members (excludes halogenated alkanes) is 3. The highest BCUT2D eigenvalue weighted by molar-refractivity contribution is 5.93. The van der Waals surface area contributed by atoms with E-state index >= 15 is 0 Å².